The van der Waals surface area contributed by atoms with Crippen LogP contribution in [0.15, 0.2) is 30.3 Å². The van der Waals surface area contributed by atoms with Crippen LogP contribution in [0.2, 0.25) is 0 Å². The molecule has 1 aromatic carbocycles. The number of para-hydroxylation sites is 1. The van der Waals surface area contributed by atoms with Gasteiger partial charge in [0.2, 0.25) is 0 Å². The average molecular weight is 278 g/mol. The molecule has 0 saturated carbocycles. The number of hydrogen-bond acceptors (Lipinski definition) is 4. The van der Waals surface area contributed by atoms with Gasteiger partial charge in [-0.2, -0.15) is 0 Å². The van der Waals surface area contributed by atoms with Gasteiger partial charge in [-0.15, -0.1) is 0 Å². The topological polar surface area (TPSA) is 58.7 Å². The summed E-state index contributed by atoms with van der Waals surface area (Å²) in [7, 11) is 0. The molecule has 1 aliphatic rings. The number of nitrogens with zero attached hydrogens (tertiary/aromatic N) is 1. The van der Waals surface area contributed by atoms with Crippen LogP contribution in [0, 0.1) is 0 Å². The maximum Gasteiger partial charge on any atom is 0.119 e. The second-order valence-corrected chi connectivity index (χ2v) is 5.64. The highest BCUT2D eigenvalue weighted by atomic mass is 16.5. The van der Waals surface area contributed by atoms with Gasteiger partial charge >= 0.3 is 0 Å². The van der Waals surface area contributed by atoms with Crippen molar-refractivity contribution < 1.29 is 9.84 Å². The molecular formula is C16H26N2O2. The Hall–Kier alpha value is -1.10. The molecule has 0 unspecified atom stereocenters. The lowest BCUT2D eigenvalue weighted by Gasteiger charge is -2.37. The molecule has 1 heterocycles. The third-order valence-electron chi connectivity index (χ3n) is 4.05. The zero-order valence-electron chi connectivity index (χ0n) is 12.1. The molecule has 0 spiro atoms. The standard InChI is InChI=1S/C16H26N2O2/c17-14-16(19)8-11-18(12-9-16)10-4-5-13-20-15-6-2-1-3-7-15/h1-3,6-7,19H,4-5,8-14,17H2. The fourth-order valence-corrected chi connectivity index (χ4v) is 2.54. The molecule has 1 aromatic rings. The summed E-state index contributed by atoms with van der Waals surface area (Å²) in [6.45, 7) is 4.13. The minimum absolute atomic E-state index is 0.381. The van der Waals surface area contributed by atoms with Crippen LogP contribution in [0.3, 0.4) is 0 Å². The van der Waals surface area contributed by atoms with E-state index in [1.165, 1.54) is 0 Å². The number of benzene rings is 1. The van der Waals surface area contributed by atoms with E-state index in [0.717, 1.165) is 57.7 Å². The van der Waals surface area contributed by atoms with Crippen LogP contribution in [-0.4, -0.2) is 48.4 Å². The van der Waals surface area contributed by atoms with Crippen LogP contribution in [-0.2, 0) is 0 Å². The second kappa shape index (κ2) is 7.62. The first-order valence-electron chi connectivity index (χ1n) is 7.54. The highest BCUT2D eigenvalue weighted by Gasteiger charge is 2.30. The van der Waals surface area contributed by atoms with Crippen LogP contribution in [0.25, 0.3) is 0 Å². The SMILES string of the molecule is NCC1(O)CCN(CCCCOc2ccccc2)CC1. The van der Waals surface area contributed by atoms with E-state index < -0.39 is 5.60 Å². The Morgan fingerprint density at radius 2 is 1.85 bits per heavy atom. The fourth-order valence-electron chi connectivity index (χ4n) is 2.54. The van der Waals surface area contributed by atoms with E-state index in [1.807, 2.05) is 30.3 Å². The van der Waals surface area contributed by atoms with Gasteiger partial charge in [-0.25, -0.2) is 0 Å². The summed E-state index contributed by atoms with van der Waals surface area (Å²) < 4.78 is 5.67. The Bertz CT molecular complexity index is 375. The molecule has 1 fully saturated rings. The van der Waals surface area contributed by atoms with Crippen molar-refractivity contribution in [1.29, 1.82) is 0 Å². The lowest BCUT2D eigenvalue weighted by molar-refractivity contribution is -0.0137. The van der Waals surface area contributed by atoms with Crippen molar-refractivity contribution in [3.05, 3.63) is 30.3 Å². The molecule has 0 atom stereocenters. The van der Waals surface area contributed by atoms with Gasteiger partial charge in [0.25, 0.3) is 0 Å². The number of aliphatic hydroxyl groups is 1. The zero-order chi connectivity index (χ0) is 14.3. The summed E-state index contributed by atoms with van der Waals surface area (Å²) in [6, 6.07) is 9.94. The normalized spacial score (nSPS) is 18.9. The maximum atomic E-state index is 10.1. The van der Waals surface area contributed by atoms with Crippen LogP contribution < -0.4 is 10.5 Å². The van der Waals surface area contributed by atoms with E-state index in [0.29, 0.717) is 6.54 Å². The molecule has 0 amide bonds. The van der Waals surface area contributed by atoms with E-state index in [4.69, 9.17) is 10.5 Å². The number of rotatable bonds is 7. The Morgan fingerprint density at radius 1 is 1.15 bits per heavy atom. The van der Waals surface area contributed by atoms with Crippen molar-refractivity contribution >= 4 is 0 Å². The molecule has 0 aromatic heterocycles. The number of ether oxygens (including phenoxy) is 1. The van der Waals surface area contributed by atoms with Gasteiger partial charge in [0.05, 0.1) is 12.2 Å². The average Bonchev–Trinajstić information content (AvgIpc) is 2.50. The highest BCUT2D eigenvalue weighted by Crippen LogP contribution is 2.21. The Labute approximate surface area is 121 Å². The third kappa shape index (κ3) is 4.78. The predicted octanol–water partition coefficient (Wildman–Crippen LogP) is 1.63. The van der Waals surface area contributed by atoms with E-state index in [2.05, 4.69) is 4.90 Å². The molecule has 2 rings (SSSR count). The van der Waals surface area contributed by atoms with Crippen LogP contribution in [0.1, 0.15) is 25.7 Å². The van der Waals surface area contributed by atoms with Gasteiger partial charge in [-0.3, -0.25) is 0 Å². The summed E-state index contributed by atoms with van der Waals surface area (Å²) in [5, 5.41) is 10.1. The number of piperidine rings is 1. The van der Waals surface area contributed by atoms with Crippen molar-refractivity contribution in [2.45, 2.75) is 31.3 Å². The fraction of sp³-hybridized carbons (Fsp3) is 0.625. The second-order valence-electron chi connectivity index (χ2n) is 5.64. The molecule has 1 saturated heterocycles. The third-order valence-corrected chi connectivity index (χ3v) is 4.05. The lowest BCUT2D eigenvalue weighted by Crippen LogP contribution is -2.48. The molecule has 20 heavy (non-hydrogen) atoms. The van der Waals surface area contributed by atoms with Crippen LogP contribution in [0.5, 0.6) is 5.75 Å². The number of likely N-dealkylation sites (tertiary alicyclic amines) is 1. The van der Waals surface area contributed by atoms with Gasteiger partial charge in [0.1, 0.15) is 5.75 Å². The number of unbranched alkanes of at least 4 members (excludes halogenated alkanes) is 1. The molecule has 0 bridgehead atoms. The van der Waals surface area contributed by atoms with Crippen LogP contribution >= 0.6 is 0 Å². The monoisotopic (exact) mass is 278 g/mol. The summed E-state index contributed by atoms with van der Waals surface area (Å²) >= 11 is 0. The van der Waals surface area contributed by atoms with Crippen molar-refractivity contribution in [2.24, 2.45) is 5.73 Å². The lowest BCUT2D eigenvalue weighted by atomic mass is 9.91. The molecule has 3 N–H and O–H groups in total. The predicted molar refractivity (Wildman–Crippen MR) is 80.8 cm³/mol. The van der Waals surface area contributed by atoms with Gasteiger partial charge < -0.3 is 20.5 Å². The first kappa shape index (κ1) is 15.3. The Morgan fingerprint density at radius 3 is 2.50 bits per heavy atom. The molecule has 112 valence electrons. The Balaban J connectivity index is 1.54. The van der Waals surface area contributed by atoms with Crippen molar-refractivity contribution in [3.8, 4) is 5.75 Å². The van der Waals surface area contributed by atoms with E-state index in [9.17, 15) is 5.11 Å². The first-order valence-corrected chi connectivity index (χ1v) is 7.54. The van der Waals surface area contributed by atoms with E-state index in [-0.39, 0.29) is 0 Å². The van der Waals surface area contributed by atoms with Gasteiger partial charge in [0.15, 0.2) is 0 Å². The van der Waals surface area contributed by atoms with Crippen molar-refractivity contribution in [2.75, 3.05) is 32.8 Å². The molecule has 4 heteroatoms. The molecule has 4 nitrogen and oxygen atoms in total. The quantitative estimate of drug-likeness (QED) is 0.744. The minimum atomic E-state index is -0.618. The molecule has 1 aliphatic heterocycles. The molecule has 0 aliphatic carbocycles. The van der Waals surface area contributed by atoms with Crippen molar-refractivity contribution in [3.63, 3.8) is 0 Å². The van der Waals surface area contributed by atoms with Gasteiger partial charge in [-0.05, 0) is 44.4 Å². The number of nitrogens with two attached hydrogens (primary N) is 1. The van der Waals surface area contributed by atoms with E-state index in [1.54, 1.807) is 0 Å². The Kier molecular flexibility index (Phi) is 5.83. The summed E-state index contributed by atoms with van der Waals surface area (Å²) in [5.41, 5.74) is 4.97. The summed E-state index contributed by atoms with van der Waals surface area (Å²) in [6.07, 6.45) is 3.79. The molecular weight excluding hydrogens is 252 g/mol. The highest BCUT2D eigenvalue weighted by molar-refractivity contribution is 5.20. The van der Waals surface area contributed by atoms with Gasteiger partial charge in [0, 0.05) is 19.6 Å². The van der Waals surface area contributed by atoms with E-state index >= 15 is 0 Å². The number of hydrogen-bond donors (Lipinski definition) is 2. The van der Waals surface area contributed by atoms with Crippen molar-refractivity contribution in [1.82, 2.24) is 4.90 Å². The summed E-state index contributed by atoms with van der Waals surface area (Å²) in [5.74, 6) is 0.943. The maximum absolute atomic E-state index is 10.1. The summed E-state index contributed by atoms with van der Waals surface area (Å²) in [4.78, 5) is 2.41. The largest absolute Gasteiger partial charge is 0.494 e. The van der Waals surface area contributed by atoms with Crippen LogP contribution in [0.4, 0.5) is 0 Å². The van der Waals surface area contributed by atoms with Gasteiger partial charge in [-0.1, -0.05) is 18.2 Å². The first-order chi connectivity index (χ1) is 9.72. The zero-order valence-corrected chi connectivity index (χ0v) is 12.1. The minimum Gasteiger partial charge on any atom is -0.494 e. The smallest absolute Gasteiger partial charge is 0.119 e. The molecule has 0 radical (unpaired) electrons.